The molecule has 0 amide bonds. The summed E-state index contributed by atoms with van der Waals surface area (Å²) in [6, 6.07) is 55.1. The number of phenolic OH excluding ortho intramolecular Hbond substituents is 1. The van der Waals surface area contributed by atoms with Crippen molar-refractivity contribution < 1.29 is 5.11 Å². The van der Waals surface area contributed by atoms with E-state index in [2.05, 4.69) is 295 Å². The van der Waals surface area contributed by atoms with Crippen LogP contribution in [0.2, 0.25) is 19.6 Å². The van der Waals surface area contributed by atoms with Crippen molar-refractivity contribution in [2.75, 3.05) is 0 Å². The van der Waals surface area contributed by atoms with Crippen LogP contribution in [-0.4, -0.2) is 85.7 Å². The standard InChI is InChI=1S/C17H15BrSeSi.C14H7BrSe.2C13H9BrSe.C12H7BrOSe/c1-20(2,3)7-5-12-8-14-9-13-4-6-19-17(13)11-15(14)10-16(12)18;1-2-9-5-11-6-10-3-4-16-14(10)8-12(11)7-13(9)15;2*1-8-4-10-5-9-2-3-15-13(9)7-11(10)6-12(8)14;13-10-4-9-6-12-7(1-2-15-12)3-8(9)5-11(10)14/h4,6,8-11H,1-3H3;1,3-8H;2*2-7H,1H3;1-6,14H. The molecule has 0 spiro atoms. The summed E-state index contributed by atoms with van der Waals surface area (Å²) >= 11 is 20.3. The average molecular weight is 1710 g/mol. The molecule has 0 aliphatic rings. The van der Waals surface area contributed by atoms with Gasteiger partial charge in [0.2, 0.25) is 0 Å². The Bertz CT molecular complexity index is 4570. The number of benzene rings is 10. The van der Waals surface area contributed by atoms with Crippen LogP contribution in [-0.2, 0) is 0 Å². The Morgan fingerprint density at radius 2 is 0.630 bits per heavy atom. The van der Waals surface area contributed by atoms with E-state index in [0.717, 1.165) is 29.9 Å². The van der Waals surface area contributed by atoms with Crippen molar-refractivity contribution in [1.82, 2.24) is 0 Å². The maximum absolute atomic E-state index is 9.60. The molecule has 0 bridgehead atoms. The molecule has 0 radical (unpaired) electrons. The van der Waals surface area contributed by atoms with Crippen molar-refractivity contribution in [1.29, 1.82) is 0 Å². The van der Waals surface area contributed by atoms with Crippen LogP contribution in [0, 0.1) is 37.7 Å². The number of terminal acetylenes is 1. The second-order valence-electron chi connectivity index (χ2n) is 20.6. The number of fused-ring (bicyclic) bond motifs is 10. The number of aryl methyl sites for hydroxylation is 2. The van der Waals surface area contributed by atoms with E-state index in [9.17, 15) is 5.11 Å². The van der Waals surface area contributed by atoms with Gasteiger partial charge in [0.15, 0.2) is 0 Å². The normalized spacial score (nSPS) is 11.3. The van der Waals surface area contributed by atoms with Crippen LogP contribution in [0.3, 0.4) is 0 Å². The molecule has 0 atom stereocenters. The molecule has 15 rings (SSSR count). The summed E-state index contributed by atoms with van der Waals surface area (Å²) in [5.41, 5.74) is 8.07. The number of aromatic hydroxyl groups is 1. The molecule has 0 saturated heterocycles. The topological polar surface area (TPSA) is 20.2 Å². The van der Waals surface area contributed by atoms with Crippen LogP contribution in [0.4, 0.5) is 0 Å². The predicted molar refractivity (Wildman–Crippen MR) is 380 cm³/mol. The first-order valence-corrected chi connectivity index (χ1v) is 42.3. The van der Waals surface area contributed by atoms with E-state index in [0.29, 0.717) is 78.3 Å². The summed E-state index contributed by atoms with van der Waals surface area (Å²) in [6.07, 6.45) is 5.46. The molecule has 1 N–H and O–H groups in total. The van der Waals surface area contributed by atoms with Gasteiger partial charge in [0.1, 0.15) is 0 Å². The van der Waals surface area contributed by atoms with Crippen molar-refractivity contribution in [3.8, 4) is 29.6 Å². The van der Waals surface area contributed by atoms with E-state index < -0.39 is 8.07 Å². The number of hydrogen-bond acceptors (Lipinski definition) is 1. The fourth-order valence-electron chi connectivity index (χ4n) is 9.33. The van der Waals surface area contributed by atoms with Crippen molar-refractivity contribution in [3.63, 3.8) is 0 Å². The van der Waals surface area contributed by atoms with E-state index in [1.165, 1.54) is 117 Å². The molecule has 0 aliphatic heterocycles. The van der Waals surface area contributed by atoms with Gasteiger partial charge in [-0.05, 0) is 0 Å². The van der Waals surface area contributed by atoms with E-state index in [-0.39, 0.29) is 0 Å². The zero-order valence-electron chi connectivity index (χ0n) is 44.3. The monoisotopic (exact) mass is 1710 g/mol. The summed E-state index contributed by atoms with van der Waals surface area (Å²) in [5.74, 6) is 6.36. The predicted octanol–water partition coefficient (Wildman–Crippen LogP) is 20.6. The molecule has 5 aromatic heterocycles. The summed E-state index contributed by atoms with van der Waals surface area (Å²) in [5, 5.41) is 29.2. The van der Waals surface area contributed by atoms with Gasteiger partial charge in [-0.25, -0.2) is 0 Å². The fourth-order valence-corrected chi connectivity index (χ4v) is 20.5. The quantitative estimate of drug-likeness (QED) is 0.119. The first kappa shape index (κ1) is 59.1. The van der Waals surface area contributed by atoms with Crippen molar-refractivity contribution in [2.45, 2.75) is 33.5 Å². The molecule has 10 aromatic carbocycles. The minimum absolute atomic E-state index is 0.301. The van der Waals surface area contributed by atoms with Crippen LogP contribution in [0.5, 0.6) is 5.75 Å². The molecule has 1 nitrogen and oxygen atoms in total. The van der Waals surface area contributed by atoms with Gasteiger partial charge in [0.25, 0.3) is 0 Å². The summed E-state index contributed by atoms with van der Waals surface area (Å²) in [4.78, 5) is 11.4. The molecule has 0 fully saturated rings. The molecular formula is C69H47Br5OSe5Si. The van der Waals surface area contributed by atoms with E-state index >= 15 is 0 Å². The van der Waals surface area contributed by atoms with Crippen molar-refractivity contribution in [3.05, 3.63) is 221 Å². The third-order valence-electron chi connectivity index (χ3n) is 13.6. The molecule has 81 heavy (non-hydrogen) atoms. The molecule has 0 saturated carbocycles. The molecule has 15 aromatic rings. The maximum atomic E-state index is 9.60. The van der Waals surface area contributed by atoms with Crippen molar-refractivity contribution >= 4 is 262 Å². The SMILES string of the molecule is C#Cc1cc2cc3cc[se]c3cc2cc1Br.C[Si](C)(C)C#Cc1cc2cc3cc[se]c3cc2cc1Br.Cc1cc2cc3cc[se]c3cc2cc1Br.Cc1cc2cc3cc[se]c3cc2cc1Br.Oc1cc2cc3cc[se]c3cc2cc1Br. The molecular weight excluding hydrogens is 1670 g/mol. The number of hydrogen-bond donors (Lipinski definition) is 1. The Labute approximate surface area is 544 Å². The number of phenols is 1. The zero-order valence-corrected chi connectivity index (χ0v) is 61.8. The summed E-state index contributed by atoms with van der Waals surface area (Å²) in [7, 11) is -1.34. The Morgan fingerprint density at radius 3 is 0.975 bits per heavy atom. The summed E-state index contributed by atoms with van der Waals surface area (Å²) < 4.78 is 12.6. The average Bonchev–Trinajstić information content (AvgIpc) is 4.40. The van der Waals surface area contributed by atoms with Crippen molar-refractivity contribution in [2.24, 2.45) is 0 Å². The third kappa shape index (κ3) is 13.9. The van der Waals surface area contributed by atoms with Crippen LogP contribution in [0.25, 0.3) is 102 Å². The molecule has 12 heteroatoms. The first-order valence-electron chi connectivity index (χ1n) is 25.6. The second kappa shape index (κ2) is 25.5. The van der Waals surface area contributed by atoms with Gasteiger partial charge in [-0.15, -0.1) is 0 Å². The zero-order chi connectivity index (χ0) is 56.7. The van der Waals surface area contributed by atoms with Gasteiger partial charge in [-0.3, -0.25) is 0 Å². The number of halogens is 5. The fraction of sp³-hybridized carbons (Fsp3) is 0.0725. The van der Waals surface area contributed by atoms with Gasteiger partial charge >= 0.3 is 551 Å². The van der Waals surface area contributed by atoms with E-state index in [1.54, 1.807) is 6.07 Å². The second-order valence-corrected chi connectivity index (χ2v) is 39.6. The van der Waals surface area contributed by atoms with Gasteiger partial charge in [-0.2, -0.15) is 0 Å². The first-order chi connectivity index (χ1) is 38.9. The van der Waals surface area contributed by atoms with Gasteiger partial charge in [0, 0.05) is 0 Å². The minimum atomic E-state index is -1.34. The van der Waals surface area contributed by atoms with Gasteiger partial charge in [-0.1, -0.05) is 0 Å². The van der Waals surface area contributed by atoms with Gasteiger partial charge < -0.3 is 0 Å². The Morgan fingerprint density at radius 1 is 0.346 bits per heavy atom. The van der Waals surface area contributed by atoms with E-state index in [4.69, 9.17) is 6.42 Å². The Hall–Kier alpha value is -3.67. The van der Waals surface area contributed by atoms with Crippen LogP contribution in [0.1, 0.15) is 22.3 Å². The van der Waals surface area contributed by atoms with E-state index in [1.807, 2.05) is 6.07 Å². The molecule has 0 unspecified atom stereocenters. The van der Waals surface area contributed by atoms with Crippen LogP contribution < -0.4 is 0 Å². The summed E-state index contributed by atoms with van der Waals surface area (Å²) in [6.45, 7) is 11.1. The number of rotatable bonds is 0. The Kier molecular flexibility index (Phi) is 18.6. The van der Waals surface area contributed by atoms with Gasteiger partial charge in [0.05, 0.1) is 0 Å². The molecule has 398 valence electrons. The van der Waals surface area contributed by atoms with Crippen LogP contribution in [0.15, 0.2) is 199 Å². The van der Waals surface area contributed by atoms with Crippen LogP contribution >= 0.6 is 79.6 Å². The Balaban J connectivity index is 0.000000107. The molecule has 5 heterocycles. The molecule has 0 aliphatic carbocycles. The third-order valence-corrected chi connectivity index (χ3v) is 27.3.